The minimum absolute atomic E-state index is 0.0482. The van der Waals surface area contributed by atoms with E-state index in [4.69, 9.17) is 10.6 Å². The molecule has 0 aromatic heterocycles. The molecule has 1 aliphatic heterocycles. The molecule has 0 saturated carbocycles. The van der Waals surface area contributed by atoms with Crippen molar-refractivity contribution in [2.75, 3.05) is 6.61 Å². The van der Waals surface area contributed by atoms with E-state index < -0.39 is 0 Å². The molecule has 1 aromatic rings. The van der Waals surface area contributed by atoms with Gasteiger partial charge in [0.05, 0.1) is 11.6 Å². The maximum atomic E-state index is 6.06. The van der Waals surface area contributed by atoms with E-state index in [-0.39, 0.29) is 11.6 Å². The Labute approximate surface area is 116 Å². The van der Waals surface area contributed by atoms with E-state index >= 15 is 0 Å². The molecule has 1 saturated heterocycles. The summed E-state index contributed by atoms with van der Waals surface area (Å²) in [7, 11) is 0. The first-order valence-electron chi connectivity index (χ1n) is 7.16. The molecule has 1 fully saturated rings. The van der Waals surface area contributed by atoms with Gasteiger partial charge in [0.2, 0.25) is 0 Å². The summed E-state index contributed by atoms with van der Waals surface area (Å²) in [6.45, 7) is 9.45. The smallest absolute Gasteiger partial charge is 0.0861 e. The minimum atomic E-state index is -0.209. The summed E-state index contributed by atoms with van der Waals surface area (Å²) in [5, 5.41) is 0. The molecule has 106 valence electrons. The van der Waals surface area contributed by atoms with Crippen LogP contribution < -0.4 is 11.3 Å². The van der Waals surface area contributed by atoms with Crippen molar-refractivity contribution in [3.05, 3.63) is 34.4 Å². The molecule has 3 N–H and O–H groups in total. The summed E-state index contributed by atoms with van der Waals surface area (Å²) in [6.07, 6.45) is 3.41. The molecular weight excluding hydrogens is 236 g/mol. The second-order valence-electron chi connectivity index (χ2n) is 6.01. The molecule has 1 aliphatic rings. The topological polar surface area (TPSA) is 47.3 Å². The van der Waals surface area contributed by atoms with E-state index in [0.717, 1.165) is 19.4 Å². The quantitative estimate of drug-likeness (QED) is 0.650. The lowest BCUT2D eigenvalue weighted by Gasteiger charge is -2.41. The number of hydrogen-bond donors (Lipinski definition) is 2. The number of hydrazine groups is 1. The van der Waals surface area contributed by atoms with Crippen molar-refractivity contribution >= 4 is 0 Å². The van der Waals surface area contributed by atoms with Gasteiger partial charge in [-0.05, 0) is 69.2 Å². The highest BCUT2D eigenvalue weighted by atomic mass is 16.5. The molecule has 2 atom stereocenters. The van der Waals surface area contributed by atoms with Crippen LogP contribution in [0.3, 0.4) is 0 Å². The van der Waals surface area contributed by atoms with Crippen LogP contribution in [-0.2, 0) is 4.74 Å². The van der Waals surface area contributed by atoms with Gasteiger partial charge in [0.25, 0.3) is 0 Å². The summed E-state index contributed by atoms with van der Waals surface area (Å²) in [4.78, 5) is 0. The van der Waals surface area contributed by atoms with Crippen LogP contribution in [0.15, 0.2) is 12.1 Å². The Morgan fingerprint density at radius 2 is 1.84 bits per heavy atom. The Hall–Kier alpha value is -0.900. The Morgan fingerprint density at radius 1 is 1.16 bits per heavy atom. The third-order valence-corrected chi connectivity index (χ3v) is 4.47. The average molecular weight is 262 g/mol. The molecule has 0 spiro atoms. The fourth-order valence-electron chi connectivity index (χ4n) is 3.07. The maximum absolute atomic E-state index is 6.06. The third kappa shape index (κ3) is 2.83. The van der Waals surface area contributed by atoms with Crippen molar-refractivity contribution in [3.8, 4) is 0 Å². The highest BCUT2D eigenvalue weighted by Gasteiger charge is 2.38. The van der Waals surface area contributed by atoms with Gasteiger partial charge in [0, 0.05) is 6.61 Å². The van der Waals surface area contributed by atoms with Gasteiger partial charge >= 0.3 is 0 Å². The third-order valence-electron chi connectivity index (χ3n) is 4.47. The van der Waals surface area contributed by atoms with E-state index in [1.165, 1.54) is 28.7 Å². The molecule has 1 aromatic carbocycles. The number of aryl methyl sites for hydroxylation is 3. The van der Waals surface area contributed by atoms with Gasteiger partial charge in [0.1, 0.15) is 0 Å². The normalized spacial score (nSPS) is 25.3. The molecule has 2 unspecified atom stereocenters. The monoisotopic (exact) mass is 262 g/mol. The van der Waals surface area contributed by atoms with E-state index in [1.807, 2.05) is 0 Å². The predicted molar refractivity (Wildman–Crippen MR) is 78.9 cm³/mol. The van der Waals surface area contributed by atoms with E-state index in [0.29, 0.717) is 0 Å². The summed E-state index contributed by atoms with van der Waals surface area (Å²) in [5.41, 5.74) is 7.95. The summed E-state index contributed by atoms with van der Waals surface area (Å²) >= 11 is 0. The van der Waals surface area contributed by atoms with Crippen molar-refractivity contribution < 1.29 is 4.74 Å². The lowest BCUT2D eigenvalue weighted by Crippen LogP contribution is -2.48. The fraction of sp³-hybridized carbons (Fsp3) is 0.625. The molecule has 1 heterocycles. The van der Waals surface area contributed by atoms with Gasteiger partial charge in [-0.1, -0.05) is 12.1 Å². The number of nitrogens with one attached hydrogen (secondary N) is 1. The molecule has 2 rings (SSSR count). The SMILES string of the molecule is Cc1cc(C)c(C(NN)C2(C)CCCCO2)cc1C. The van der Waals surface area contributed by atoms with Crippen LogP contribution in [0.1, 0.15) is 54.5 Å². The van der Waals surface area contributed by atoms with Crippen LogP contribution in [0.5, 0.6) is 0 Å². The first kappa shape index (κ1) is 14.5. The molecule has 0 amide bonds. The number of benzene rings is 1. The number of ether oxygens (including phenoxy) is 1. The molecule has 0 aliphatic carbocycles. The molecule has 3 nitrogen and oxygen atoms in total. The van der Waals surface area contributed by atoms with Gasteiger partial charge in [-0.15, -0.1) is 0 Å². The Morgan fingerprint density at radius 3 is 2.42 bits per heavy atom. The largest absolute Gasteiger partial charge is 0.373 e. The van der Waals surface area contributed by atoms with Crippen LogP contribution >= 0.6 is 0 Å². The molecule has 3 heteroatoms. The molecule has 0 bridgehead atoms. The second-order valence-corrected chi connectivity index (χ2v) is 6.01. The average Bonchev–Trinajstić information content (AvgIpc) is 2.37. The van der Waals surface area contributed by atoms with Gasteiger partial charge in [-0.2, -0.15) is 0 Å². The summed E-state index contributed by atoms with van der Waals surface area (Å²) in [6, 6.07) is 4.53. The van der Waals surface area contributed by atoms with Gasteiger partial charge in [0.15, 0.2) is 0 Å². The second kappa shape index (κ2) is 5.61. The first-order valence-corrected chi connectivity index (χ1v) is 7.16. The summed E-state index contributed by atoms with van der Waals surface area (Å²) in [5.74, 6) is 5.85. The van der Waals surface area contributed by atoms with Crippen LogP contribution in [0.4, 0.5) is 0 Å². The van der Waals surface area contributed by atoms with Crippen LogP contribution in [-0.4, -0.2) is 12.2 Å². The van der Waals surface area contributed by atoms with Gasteiger partial charge in [-0.3, -0.25) is 11.3 Å². The van der Waals surface area contributed by atoms with E-state index in [1.54, 1.807) is 0 Å². The molecule has 0 radical (unpaired) electrons. The van der Waals surface area contributed by atoms with Crippen molar-refractivity contribution in [3.63, 3.8) is 0 Å². The lowest BCUT2D eigenvalue weighted by atomic mass is 9.82. The standard InChI is InChI=1S/C16H26N2O/c1-11-9-13(3)14(10-12(11)2)15(18-17)16(4)7-5-6-8-19-16/h9-10,15,18H,5-8,17H2,1-4H3. The lowest BCUT2D eigenvalue weighted by molar-refractivity contribution is -0.0900. The van der Waals surface area contributed by atoms with E-state index in [2.05, 4.69) is 45.3 Å². The van der Waals surface area contributed by atoms with Gasteiger partial charge < -0.3 is 4.74 Å². The van der Waals surface area contributed by atoms with Crippen molar-refractivity contribution in [2.24, 2.45) is 5.84 Å². The van der Waals surface area contributed by atoms with Crippen LogP contribution in [0.2, 0.25) is 0 Å². The van der Waals surface area contributed by atoms with Crippen LogP contribution in [0.25, 0.3) is 0 Å². The van der Waals surface area contributed by atoms with Crippen molar-refractivity contribution in [2.45, 2.75) is 58.6 Å². The number of rotatable bonds is 3. The van der Waals surface area contributed by atoms with Crippen molar-refractivity contribution in [1.29, 1.82) is 0 Å². The fourth-order valence-corrected chi connectivity index (χ4v) is 3.07. The predicted octanol–water partition coefficient (Wildman–Crippen LogP) is 3.08. The Bertz CT molecular complexity index is 450. The highest BCUT2D eigenvalue weighted by Crippen LogP contribution is 2.37. The molecule has 19 heavy (non-hydrogen) atoms. The highest BCUT2D eigenvalue weighted by molar-refractivity contribution is 5.39. The first-order chi connectivity index (χ1) is 8.98. The Balaban J connectivity index is 2.39. The number of hydrogen-bond acceptors (Lipinski definition) is 3. The summed E-state index contributed by atoms with van der Waals surface area (Å²) < 4.78 is 6.06. The molecular formula is C16H26N2O. The zero-order valence-electron chi connectivity index (χ0n) is 12.5. The number of nitrogens with two attached hydrogens (primary N) is 1. The zero-order valence-corrected chi connectivity index (χ0v) is 12.5. The maximum Gasteiger partial charge on any atom is 0.0861 e. The Kier molecular flexibility index (Phi) is 4.29. The minimum Gasteiger partial charge on any atom is -0.373 e. The van der Waals surface area contributed by atoms with E-state index in [9.17, 15) is 0 Å². The van der Waals surface area contributed by atoms with Crippen LogP contribution in [0, 0.1) is 20.8 Å². The van der Waals surface area contributed by atoms with Gasteiger partial charge in [-0.25, -0.2) is 0 Å². The van der Waals surface area contributed by atoms with Crippen molar-refractivity contribution in [1.82, 2.24) is 5.43 Å². The zero-order chi connectivity index (χ0) is 14.0.